The maximum atomic E-state index is 13.1. The Morgan fingerprint density at radius 2 is 1.37 bits per heavy atom. The summed E-state index contributed by atoms with van der Waals surface area (Å²) in [6.07, 6.45) is 0. The molecule has 1 heterocycles. The maximum absolute atomic E-state index is 13.1. The SMILES string of the molecule is C/C(=N/N=C(\C(=O)c1ccccc1)c1ccccc1)c1cc2ccccc2oc1=O. The first-order valence-electron chi connectivity index (χ1n) is 9.44. The van der Waals surface area contributed by atoms with E-state index in [9.17, 15) is 9.59 Å². The number of para-hydroxylation sites is 1. The Hall–Kier alpha value is -4.12. The van der Waals surface area contributed by atoms with Crippen LogP contribution in [0.15, 0.2) is 110 Å². The second-order valence-electron chi connectivity index (χ2n) is 6.68. The summed E-state index contributed by atoms with van der Waals surface area (Å²) in [5, 5.41) is 9.24. The van der Waals surface area contributed by atoms with Crippen LogP contribution in [0.25, 0.3) is 11.0 Å². The van der Waals surface area contributed by atoms with Crippen LogP contribution in [0.4, 0.5) is 0 Å². The van der Waals surface area contributed by atoms with Gasteiger partial charge in [-0.2, -0.15) is 5.10 Å². The standard InChI is InChI=1S/C25H18N2O3/c1-17(21-16-20-14-8-9-15-22(20)30-25(21)29)26-27-23(18-10-4-2-5-11-18)24(28)19-12-6-3-7-13-19/h2-16H,1H3/b26-17-,27-23-. The van der Waals surface area contributed by atoms with Gasteiger partial charge in [0.1, 0.15) is 11.3 Å². The molecule has 0 unspecified atom stereocenters. The predicted molar refractivity (Wildman–Crippen MR) is 118 cm³/mol. The summed E-state index contributed by atoms with van der Waals surface area (Å²) >= 11 is 0. The van der Waals surface area contributed by atoms with Crippen LogP contribution >= 0.6 is 0 Å². The van der Waals surface area contributed by atoms with Crippen molar-refractivity contribution in [2.45, 2.75) is 6.92 Å². The predicted octanol–water partition coefficient (Wildman–Crippen LogP) is 4.89. The lowest BCUT2D eigenvalue weighted by Gasteiger charge is -2.05. The van der Waals surface area contributed by atoms with Gasteiger partial charge < -0.3 is 4.42 Å². The van der Waals surface area contributed by atoms with E-state index in [1.807, 2.05) is 36.4 Å². The average Bonchev–Trinajstić information content (AvgIpc) is 2.79. The van der Waals surface area contributed by atoms with Crippen LogP contribution < -0.4 is 5.63 Å². The Morgan fingerprint density at radius 1 is 0.767 bits per heavy atom. The molecule has 0 spiro atoms. The molecule has 0 aliphatic rings. The first-order valence-corrected chi connectivity index (χ1v) is 9.44. The summed E-state index contributed by atoms with van der Waals surface area (Å²) < 4.78 is 5.37. The van der Waals surface area contributed by atoms with Crippen molar-refractivity contribution in [3.05, 3.63) is 118 Å². The minimum absolute atomic E-state index is 0.200. The normalized spacial score (nSPS) is 12.2. The van der Waals surface area contributed by atoms with Crippen molar-refractivity contribution in [1.29, 1.82) is 0 Å². The lowest BCUT2D eigenvalue weighted by Crippen LogP contribution is -2.16. The van der Waals surface area contributed by atoms with Crippen molar-refractivity contribution in [2.24, 2.45) is 10.2 Å². The van der Waals surface area contributed by atoms with Gasteiger partial charge >= 0.3 is 5.63 Å². The molecule has 0 amide bonds. The highest BCUT2D eigenvalue weighted by Crippen LogP contribution is 2.14. The van der Waals surface area contributed by atoms with Gasteiger partial charge in [0.15, 0.2) is 0 Å². The molecule has 146 valence electrons. The Morgan fingerprint density at radius 3 is 2.07 bits per heavy atom. The van der Waals surface area contributed by atoms with E-state index in [0.29, 0.717) is 28.0 Å². The molecular formula is C25H18N2O3. The van der Waals surface area contributed by atoms with E-state index < -0.39 is 5.63 Å². The van der Waals surface area contributed by atoms with E-state index in [0.717, 1.165) is 5.39 Å². The maximum Gasteiger partial charge on any atom is 0.345 e. The Kier molecular flexibility index (Phi) is 5.44. The molecule has 0 aliphatic heterocycles. The average molecular weight is 394 g/mol. The summed E-state index contributed by atoms with van der Waals surface area (Å²) in [5.74, 6) is -0.246. The number of carbonyl (C=O) groups is 1. The molecule has 0 radical (unpaired) electrons. The first kappa shape index (κ1) is 19.2. The molecule has 0 fully saturated rings. The fourth-order valence-corrected chi connectivity index (χ4v) is 3.05. The van der Waals surface area contributed by atoms with E-state index >= 15 is 0 Å². The largest absolute Gasteiger partial charge is 0.422 e. The topological polar surface area (TPSA) is 72.0 Å². The number of carbonyl (C=O) groups excluding carboxylic acids is 1. The third kappa shape index (κ3) is 4.00. The molecule has 0 bridgehead atoms. The highest BCUT2D eigenvalue weighted by molar-refractivity contribution is 6.51. The molecule has 0 aliphatic carbocycles. The van der Waals surface area contributed by atoms with E-state index in [-0.39, 0.29) is 11.5 Å². The lowest BCUT2D eigenvalue weighted by atomic mass is 10.0. The quantitative estimate of drug-likeness (QED) is 0.209. The molecule has 3 aromatic carbocycles. The molecule has 4 aromatic rings. The van der Waals surface area contributed by atoms with Gasteiger partial charge in [-0.15, -0.1) is 5.10 Å². The van der Waals surface area contributed by atoms with E-state index in [4.69, 9.17) is 4.42 Å². The van der Waals surface area contributed by atoms with Gasteiger partial charge in [0.05, 0.1) is 11.3 Å². The fraction of sp³-hybridized carbons (Fsp3) is 0.0400. The number of fused-ring (bicyclic) bond motifs is 1. The van der Waals surface area contributed by atoms with Crippen LogP contribution in [0.3, 0.4) is 0 Å². The highest BCUT2D eigenvalue weighted by atomic mass is 16.4. The van der Waals surface area contributed by atoms with Crippen molar-refractivity contribution in [3.8, 4) is 0 Å². The van der Waals surface area contributed by atoms with Gasteiger partial charge in [-0.05, 0) is 19.1 Å². The minimum atomic E-state index is -0.499. The lowest BCUT2D eigenvalue weighted by molar-refractivity contribution is 0.106. The summed E-state index contributed by atoms with van der Waals surface area (Å²) in [4.78, 5) is 25.4. The Bertz CT molecular complexity index is 1320. The van der Waals surface area contributed by atoms with Gasteiger partial charge in [-0.25, -0.2) is 4.79 Å². The molecule has 0 saturated carbocycles. The highest BCUT2D eigenvalue weighted by Gasteiger charge is 2.16. The van der Waals surface area contributed by atoms with Gasteiger partial charge in [-0.1, -0.05) is 78.9 Å². The number of rotatable bonds is 5. The summed E-state index contributed by atoms with van der Waals surface area (Å²) in [7, 11) is 0. The van der Waals surface area contributed by atoms with E-state index in [1.165, 1.54) is 0 Å². The van der Waals surface area contributed by atoms with Crippen molar-refractivity contribution in [2.75, 3.05) is 0 Å². The summed E-state index contributed by atoms with van der Waals surface area (Å²) in [6, 6.07) is 27.0. The van der Waals surface area contributed by atoms with Crippen molar-refractivity contribution < 1.29 is 9.21 Å². The fourth-order valence-electron chi connectivity index (χ4n) is 3.05. The van der Waals surface area contributed by atoms with Gasteiger partial charge in [0.25, 0.3) is 0 Å². The Labute approximate surface area is 173 Å². The van der Waals surface area contributed by atoms with Crippen LogP contribution in [0, 0.1) is 0 Å². The zero-order chi connectivity index (χ0) is 20.9. The summed E-state index contributed by atoms with van der Waals surface area (Å²) in [6.45, 7) is 1.67. The van der Waals surface area contributed by atoms with E-state index in [2.05, 4.69) is 10.2 Å². The molecule has 0 atom stereocenters. The molecule has 5 nitrogen and oxygen atoms in total. The van der Waals surface area contributed by atoms with Crippen molar-refractivity contribution in [1.82, 2.24) is 0 Å². The molecule has 0 saturated heterocycles. The number of nitrogens with zero attached hydrogens (tertiary/aromatic N) is 2. The second kappa shape index (κ2) is 8.49. The Balaban J connectivity index is 1.79. The van der Waals surface area contributed by atoms with Gasteiger partial charge in [0.2, 0.25) is 5.78 Å². The monoisotopic (exact) mass is 394 g/mol. The smallest absolute Gasteiger partial charge is 0.345 e. The third-order valence-electron chi connectivity index (χ3n) is 4.63. The molecular weight excluding hydrogens is 376 g/mol. The molecule has 1 aromatic heterocycles. The number of hydrogen-bond acceptors (Lipinski definition) is 5. The molecule has 5 heteroatoms. The zero-order valence-corrected chi connectivity index (χ0v) is 16.3. The summed E-state index contributed by atoms with van der Waals surface area (Å²) in [5.41, 5.74) is 2.03. The number of hydrogen-bond donors (Lipinski definition) is 0. The minimum Gasteiger partial charge on any atom is -0.422 e. The zero-order valence-electron chi connectivity index (χ0n) is 16.3. The molecule has 4 rings (SSSR count). The number of Topliss-reactive ketones (excluding diaryl/α,β-unsaturated/α-hetero) is 1. The second-order valence-corrected chi connectivity index (χ2v) is 6.68. The molecule has 30 heavy (non-hydrogen) atoms. The van der Waals surface area contributed by atoms with Crippen molar-refractivity contribution in [3.63, 3.8) is 0 Å². The van der Waals surface area contributed by atoms with Crippen molar-refractivity contribution >= 4 is 28.2 Å². The van der Waals surface area contributed by atoms with Crippen LogP contribution in [0.1, 0.15) is 28.4 Å². The van der Waals surface area contributed by atoms with E-state index in [1.54, 1.807) is 61.5 Å². The number of benzene rings is 3. The van der Waals surface area contributed by atoms with Crippen LogP contribution in [-0.4, -0.2) is 17.2 Å². The first-order chi connectivity index (χ1) is 14.6. The number of ketones is 1. The van der Waals surface area contributed by atoms with Crippen LogP contribution in [-0.2, 0) is 0 Å². The van der Waals surface area contributed by atoms with Crippen LogP contribution in [0.2, 0.25) is 0 Å². The van der Waals surface area contributed by atoms with Gasteiger partial charge in [-0.3, -0.25) is 4.79 Å². The molecule has 0 N–H and O–H groups in total. The third-order valence-corrected chi connectivity index (χ3v) is 4.63. The van der Waals surface area contributed by atoms with Crippen LogP contribution in [0.5, 0.6) is 0 Å². The van der Waals surface area contributed by atoms with Gasteiger partial charge in [0, 0.05) is 16.5 Å².